The van der Waals surface area contributed by atoms with Gasteiger partial charge in [0.2, 0.25) is 0 Å². The van der Waals surface area contributed by atoms with Crippen LogP contribution in [0.5, 0.6) is 0 Å². The van der Waals surface area contributed by atoms with Gasteiger partial charge in [-0.05, 0) is 14.0 Å². The Kier molecular flexibility index (Phi) is 10.1. The molecular weight excluding hydrogens is 426 g/mol. The first-order valence-corrected chi connectivity index (χ1v) is 6.92. The van der Waals surface area contributed by atoms with Crippen molar-refractivity contribution in [3.8, 4) is 0 Å². The lowest BCUT2D eigenvalue weighted by Gasteiger charge is -2.19. The maximum Gasteiger partial charge on any atom is 0.401 e. The lowest BCUT2D eigenvalue weighted by atomic mass is 10.5. The molecule has 0 aliphatic carbocycles. The quantitative estimate of drug-likeness (QED) is 0.369. The molecule has 1 aromatic heterocycles. The maximum absolute atomic E-state index is 12.2. The van der Waals surface area contributed by atoms with E-state index >= 15 is 0 Å². The van der Waals surface area contributed by atoms with Gasteiger partial charge < -0.3 is 10.6 Å². The molecule has 0 bridgehead atoms. The molecule has 1 heterocycles. The van der Waals surface area contributed by atoms with Crippen molar-refractivity contribution >= 4 is 29.9 Å². The van der Waals surface area contributed by atoms with E-state index in [1.54, 1.807) is 11.7 Å². The normalized spacial score (nSPS) is 12.2. The second-order valence-electron chi connectivity index (χ2n) is 4.77. The van der Waals surface area contributed by atoms with Gasteiger partial charge in [0.25, 0.3) is 0 Å². The van der Waals surface area contributed by atoms with Crippen LogP contribution in [0.25, 0.3) is 0 Å². The monoisotopic (exact) mass is 449 g/mol. The number of hydrogen-bond acceptors (Lipinski definition) is 4. The molecule has 0 aliphatic rings. The standard InChI is InChI=1S/C12H22F3N7.HI/c1-4-16-11(18-7-10-19-9-20-22(10)3)17-5-6-21(2)8-12(13,14)15;/h9H,4-8H2,1-3H3,(H2,16,17,18);1H. The van der Waals surface area contributed by atoms with Crippen molar-refractivity contribution in [2.24, 2.45) is 12.0 Å². The first kappa shape index (κ1) is 21.9. The zero-order valence-corrected chi connectivity index (χ0v) is 15.7. The van der Waals surface area contributed by atoms with Crippen LogP contribution in [0.3, 0.4) is 0 Å². The molecule has 1 aromatic rings. The molecule has 0 unspecified atom stereocenters. The average molecular weight is 449 g/mol. The molecule has 0 saturated heterocycles. The Morgan fingerprint density at radius 1 is 1.39 bits per heavy atom. The van der Waals surface area contributed by atoms with Crippen molar-refractivity contribution in [3.05, 3.63) is 12.2 Å². The highest BCUT2D eigenvalue weighted by molar-refractivity contribution is 14.0. The summed E-state index contributed by atoms with van der Waals surface area (Å²) in [7, 11) is 3.20. The van der Waals surface area contributed by atoms with Gasteiger partial charge in [0.1, 0.15) is 18.7 Å². The highest BCUT2D eigenvalue weighted by Gasteiger charge is 2.28. The molecule has 134 valence electrons. The average Bonchev–Trinajstić information content (AvgIpc) is 2.79. The van der Waals surface area contributed by atoms with E-state index in [0.717, 1.165) is 0 Å². The number of aryl methyl sites for hydroxylation is 1. The Morgan fingerprint density at radius 3 is 2.61 bits per heavy atom. The number of rotatable bonds is 7. The van der Waals surface area contributed by atoms with Crippen molar-refractivity contribution in [1.82, 2.24) is 30.3 Å². The summed E-state index contributed by atoms with van der Waals surface area (Å²) in [5.41, 5.74) is 0. The van der Waals surface area contributed by atoms with Gasteiger partial charge in [0.05, 0.1) is 6.54 Å². The van der Waals surface area contributed by atoms with E-state index in [1.165, 1.54) is 18.3 Å². The van der Waals surface area contributed by atoms with E-state index in [1.807, 2.05) is 6.92 Å². The summed E-state index contributed by atoms with van der Waals surface area (Å²) in [5, 5.41) is 9.96. The molecule has 1 rings (SSSR count). The van der Waals surface area contributed by atoms with Crippen LogP contribution in [0.4, 0.5) is 13.2 Å². The Bertz CT molecular complexity index is 475. The van der Waals surface area contributed by atoms with Gasteiger partial charge in [-0.25, -0.2) is 9.98 Å². The zero-order valence-electron chi connectivity index (χ0n) is 13.4. The Labute approximate surface area is 150 Å². The lowest BCUT2D eigenvalue weighted by molar-refractivity contribution is -0.142. The second-order valence-corrected chi connectivity index (χ2v) is 4.77. The highest BCUT2D eigenvalue weighted by Crippen LogP contribution is 2.14. The molecule has 11 heteroatoms. The molecule has 7 nitrogen and oxygen atoms in total. The number of hydrogen-bond donors (Lipinski definition) is 2. The molecule has 0 spiro atoms. The summed E-state index contributed by atoms with van der Waals surface area (Å²) in [5.74, 6) is 1.23. The molecule has 0 atom stereocenters. The summed E-state index contributed by atoms with van der Waals surface area (Å²) in [6.07, 6.45) is -2.74. The predicted molar refractivity (Wildman–Crippen MR) is 92.8 cm³/mol. The first-order chi connectivity index (χ1) is 10.3. The molecular formula is C12H23F3IN7. The predicted octanol–water partition coefficient (Wildman–Crippen LogP) is 0.982. The fraction of sp³-hybridized carbons (Fsp3) is 0.750. The zero-order chi connectivity index (χ0) is 16.6. The fourth-order valence-electron chi connectivity index (χ4n) is 1.71. The van der Waals surface area contributed by atoms with Crippen LogP contribution in [-0.2, 0) is 13.6 Å². The number of aliphatic imine (C=N–C) groups is 1. The van der Waals surface area contributed by atoms with Gasteiger partial charge >= 0.3 is 6.18 Å². The molecule has 0 radical (unpaired) electrons. The lowest BCUT2D eigenvalue weighted by Crippen LogP contribution is -2.42. The number of nitrogens with one attached hydrogen (secondary N) is 2. The number of aromatic nitrogens is 3. The third kappa shape index (κ3) is 9.58. The smallest absolute Gasteiger partial charge is 0.357 e. The molecule has 2 N–H and O–H groups in total. The first-order valence-electron chi connectivity index (χ1n) is 6.92. The number of nitrogens with zero attached hydrogens (tertiary/aromatic N) is 5. The molecule has 23 heavy (non-hydrogen) atoms. The minimum atomic E-state index is -4.18. The second kappa shape index (κ2) is 10.6. The van der Waals surface area contributed by atoms with Crippen LogP contribution in [0.15, 0.2) is 11.3 Å². The number of halogens is 4. The molecule has 0 aliphatic heterocycles. The van der Waals surface area contributed by atoms with E-state index < -0.39 is 12.7 Å². The largest absolute Gasteiger partial charge is 0.401 e. The topological polar surface area (TPSA) is 70.4 Å². The van der Waals surface area contributed by atoms with E-state index in [9.17, 15) is 13.2 Å². The fourth-order valence-corrected chi connectivity index (χ4v) is 1.71. The summed E-state index contributed by atoms with van der Waals surface area (Å²) in [6.45, 7) is 2.59. The third-order valence-corrected chi connectivity index (χ3v) is 2.76. The summed E-state index contributed by atoms with van der Waals surface area (Å²) in [4.78, 5) is 9.58. The maximum atomic E-state index is 12.2. The summed E-state index contributed by atoms with van der Waals surface area (Å²) >= 11 is 0. The minimum Gasteiger partial charge on any atom is -0.357 e. The van der Waals surface area contributed by atoms with Gasteiger partial charge in [-0.15, -0.1) is 24.0 Å². The van der Waals surface area contributed by atoms with Gasteiger partial charge in [0.15, 0.2) is 5.96 Å². The van der Waals surface area contributed by atoms with Gasteiger partial charge in [-0.2, -0.15) is 18.3 Å². The van der Waals surface area contributed by atoms with Crippen molar-refractivity contribution in [2.75, 3.05) is 33.2 Å². The van der Waals surface area contributed by atoms with Crippen molar-refractivity contribution < 1.29 is 13.2 Å². The van der Waals surface area contributed by atoms with Crippen molar-refractivity contribution in [1.29, 1.82) is 0 Å². The molecule has 0 saturated carbocycles. The van der Waals surface area contributed by atoms with Crippen LogP contribution in [0.1, 0.15) is 12.7 Å². The summed E-state index contributed by atoms with van der Waals surface area (Å²) < 4.78 is 38.3. The molecule has 0 fully saturated rings. The number of alkyl halides is 3. The van der Waals surface area contributed by atoms with E-state index in [2.05, 4.69) is 25.7 Å². The highest BCUT2D eigenvalue weighted by atomic mass is 127. The Morgan fingerprint density at radius 2 is 2.09 bits per heavy atom. The van der Waals surface area contributed by atoms with Crippen molar-refractivity contribution in [2.45, 2.75) is 19.6 Å². The third-order valence-electron chi connectivity index (χ3n) is 2.76. The van der Waals surface area contributed by atoms with Gasteiger partial charge in [-0.3, -0.25) is 9.58 Å². The van der Waals surface area contributed by atoms with Crippen LogP contribution in [-0.4, -0.2) is 65.0 Å². The van der Waals surface area contributed by atoms with Gasteiger partial charge in [0, 0.05) is 26.7 Å². The number of likely N-dealkylation sites (N-methyl/N-ethyl adjacent to an activating group) is 1. The van der Waals surface area contributed by atoms with E-state index in [4.69, 9.17) is 0 Å². The van der Waals surface area contributed by atoms with Crippen LogP contribution in [0, 0.1) is 0 Å². The van der Waals surface area contributed by atoms with E-state index in [-0.39, 0.29) is 30.5 Å². The summed E-state index contributed by atoms with van der Waals surface area (Å²) in [6, 6.07) is 0. The number of guanidine groups is 1. The Hall–Kier alpha value is -1.11. The van der Waals surface area contributed by atoms with E-state index in [0.29, 0.717) is 31.4 Å². The van der Waals surface area contributed by atoms with Crippen molar-refractivity contribution in [3.63, 3.8) is 0 Å². The van der Waals surface area contributed by atoms with Gasteiger partial charge in [-0.1, -0.05) is 0 Å². The SMILES string of the molecule is CCNC(=NCc1ncnn1C)NCCN(C)CC(F)(F)F.I. The minimum absolute atomic E-state index is 0. The van der Waals surface area contributed by atoms with Crippen LogP contribution >= 0.6 is 24.0 Å². The Balaban J connectivity index is 0.00000484. The van der Waals surface area contributed by atoms with Crippen LogP contribution in [0.2, 0.25) is 0 Å². The molecule has 0 aromatic carbocycles. The molecule has 0 amide bonds. The van der Waals surface area contributed by atoms with Crippen LogP contribution < -0.4 is 10.6 Å².